The third-order valence-corrected chi connectivity index (χ3v) is 5.06. The summed E-state index contributed by atoms with van der Waals surface area (Å²) in [4.78, 5) is 25.9. The molecule has 0 radical (unpaired) electrons. The van der Waals surface area contributed by atoms with Crippen molar-refractivity contribution in [3.63, 3.8) is 0 Å². The van der Waals surface area contributed by atoms with Gasteiger partial charge in [-0.15, -0.1) is 0 Å². The lowest BCUT2D eigenvalue weighted by atomic mass is 10.1. The number of benzene rings is 2. The van der Waals surface area contributed by atoms with Crippen molar-refractivity contribution >= 4 is 46.3 Å². The Balaban J connectivity index is 1.96. The molecule has 132 valence electrons. The lowest BCUT2D eigenvalue weighted by molar-refractivity contribution is -0.145. The van der Waals surface area contributed by atoms with Crippen molar-refractivity contribution in [1.29, 1.82) is 0 Å². The molecule has 26 heavy (non-hydrogen) atoms. The maximum atomic E-state index is 12.8. The smallest absolute Gasteiger partial charge is 0.331 e. The first-order valence-electron chi connectivity index (χ1n) is 7.45. The highest BCUT2D eigenvalue weighted by Gasteiger charge is 2.41. The van der Waals surface area contributed by atoms with E-state index in [1.807, 2.05) is 0 Å². The molecule has 1 aliphatic heterocycles. The largest absolute Gasteiger partial charge is 0.504 e. The molecule has 8 heteroatoms. The van der Waals surface area contributed by atoms with Gasteiger partial charge in [-0.3, -0.25) is 9.69 Å². The number of phenolic OH excluding ortho intramolecular Hbond substituents is 2. The predicted octanol–water partition coefficient (Wildman–Crippen LogP) is 3.12. The number of hydrogen-bond donors (Lipinski definition) is 3. The highest BCUT2D eigenvalue weighted by molar-refractivity contribution is 8.26. The van der Waals surface area contributed by atoms with Crippen LogP contribution in [0.4, 0.5) is 0 Å². The van der Waals surface area contributed by atoms with Gasteiger partial charge in [-0.2, -0.15) is 0 Å². The summed E-state index contributed by atoms with van der Waals surface area (Å²) in [7, 11) is 0. The number of carbonyl (C=O) groups is 2. The van der Waals surface area contributed by atoms with Crippen LogP contribution in [-0.2, 0) is 9.59 Å². The average Bonchev–Trinajstić information content (AvgIpc) is 2.87. The number of carboxylic acids is 1. The Morgan fingerprint density at radius 3 is 2.42 bits per heavy atom. The van der Waals surface area contributed by atoms with E-state index in [0.29, 0.717) is 11.1 Å². The summed E-state index contributed by atoms with van der Waals surface area (Å²) in [5, 5.41) is 28.6. The van der Waals surface area contributed by atoms with E-state index < -0.39 is 17.9 Å². The van der Waals surface area contributed by atoms with Crippen LogP contribution in [0.2, 0.25) is 0 Å². The van der Waals surface area contributed by atoms with Crippen molar-refractivity contribution < 1.29 is 24.9 Å². The number of thiocarbonyl (C=S) groups is 1. The molecule has 0 bridgehead atoms. The molecule has 6 nitrogen and oxygen atoms in total. The van der Waals surface area contributed by atoms with Gasteiger partial charge >= 0.3 is 5.97 Å². The van der Waals surface area contributed by atoms with Crippen molar-refractivity contribution in [3.05, 3.63) is 64.6 Å². The molecule has 1 aliphatic rings. The number of phenols is 2. The van der Waals surface area contributed by atoms with Crippen LogP contribution in [0.1, 0.15) is 17.2 Å². The number of rotatable bonds is 4. The highest BCUT2D eigenvalue weighted by Crippen LogP contribution is 2.39. The summed E-state index contributed by atoms with van der Waals surface area (Å²) < 4.78 is 0.139. The zero-order chi connectivity index (χ0) is 18.8. The quantitative estimate of drug-likeness (QED) is 0.421. The van der Waals surface area contributed by atoms with E-state index in [1.54, 1.807) is 30.3 Å². The molecule has 0 saturated carbocycles. The summed E-state index contributed by atoms with van der Waals surface area (Å²) in [6.45, 7) is 0. The Morgan fingerprint density at radius 1 is 1.12 bits per heavy atom. The number of thioether (sulfide) groups is 1. The Labute approximate surface area is 158 Å². The molecule has 0 aromatic heterocycles. The Bertz CT molecular complexity index is 926. The molecule has 0 aliphatic carbocycles. The normalized spacial score (nSPS) is 16.9. The summed E-state index contributed by atoms with van der Waals surface area (Å²) >= 11 is 6.22. The molecule has 3 N–H and O–H groups in total. The molecule has 1 heterocycles. The van der Waals surface area contributed by atoms with E-state index >= 15 is 0 Å². The molecular formula is C18H13NO5S2. The molecule has 1 atom stereocenters. The Kier molecular flexibility index (Phi) is 4.97. The third kappa shape index (κ3) is 3.42. The Hall–Kier alpha value is -2.84. The van der Waals surface area contributed by atoms with Crippen LogP contribution in [0.5, 0.6) is 11.5 Å². The number of carbonyl (C=O) groups excluding carboxylic acids is 1. The zero-order valence-corrected chi connectivity index (χ0v) is 14.8. The first-order chi connectivity index (χ1) is 12.4. The molecule has 1 fully saturated rings. The van der Waals surface area contributed by atoms with Crippen molar-refractivity contribution in [3.8, 4) is 11.5 Å². The SMILES string of the molecule is O=C(O)C(c1ccccc1)N1C(=O)/C(=C/c2ccc(O)c(O)c2)SC1=S. The van der Waals surface area contributed by atoms with E-state index in [1.165, 1.54) is 24.3 Å². The van der Waals surface area contributed by atoms with Crippen molar-refractivity contribution in [2.75, 3.05) is 0 Å². The average molecular weight is 387 g/mol. The summed E-state index contributed by atoms with van der Waals surface area (Å²) in [6, 6.07) is 11.3. The van der Waals surface area contributed by atoms with Crippen LogP contribution in [0.3, 0.4) is 0 Å². The van der Waals surface area contributed by atoms with Crippen LogP contribution in [0.15, 0.2) is 53.4 Å². The lowest BCUT2D eigenvalue weighted by Crippen LogP contribution is -2.37. The van der Waals surface area contributed by atoms with E-state index in [9.17, 15) is 24.9 Å². The molecular weight excluding hydrogens is 374 g/mol. The predicted molar refractivity (Wildman–Crippen MR) is 102 cm³/mol. The third-order valence-electron chi connectivity index (χ3n) is 3.73. The molecule has 2 aromatic carbocycles. The van der Waals surface area contributed by atoms with Gasteiger partial charge in [-0.05, 0) is 29.3 Å². The van der Waals surface area contributed by atoms with Crippen LogP contribution < -0.4 is 0 Å². The van der Waals surface area contributed by atoms with Gasteiger partial charge < -0.3 is 15.3 Å². The van der Waals surface area contributed by atoms with E-state index in [4.69, 9.17) is 12.2 Å². The van der Waals surface area contributed by atoms with Gasteiger partial charge in [-0.25, -0.2) is 4.79 Å². The fourth-order valence-electron chi connectivity index (χ4n) is 2.52. The zero-order valence-electron chi connectivity index (χ0n) is 13.2. The number of hydrogen-bond acceptors (Lipinski definition) is 6. The van der Waals surface area contributed by atoms with Crippen LogP contribution >= 0.6 is 24.0 Å². The molecule has 1 unspecified atom stereocenters. The number of aliphatic carboxylic acids is 1. The van der Waals surface area contributed by atoms with Gasteiger partial charge in [-0.1, -0.05) is 60.4 Å². The molecule has 1 amide bonds. The lowest BCUT2D eigenvalue weighted by Gasteiger charge is -2.23. The maximum Gasteiger partial charge on any atom is 0.331 e. The van der Waals surface area contributed by atoms with Crippen LogP contribution in [0.25, 0.3) is 6.08 Å². The van der Waals surface area contributed by atoms with E-state index in [0.717, 1.165) is 16.7 Å². The highest BCUT2D eigenvalue weighted by atomic mass is 32.2. The number of amides is 1. The van der Waals surface area contributed by atoms with Crippen LogP contribution in [-0.4, -0.2) is 36.4 Å². The first-order valence-corrected chi connectivity index (χ1v) is 8.68. The fourth-order valence-corrected chi connectivity index (χ4v) is 3.83. The summed E-state index contributed by atoms with van der Waals surface area (Å²) in [5.41, 5.74) is 0.923. The maximum absolute atomic E-state index is 12.8. The minimum atomic E-state index is -1.22. The summed E-state index contributed by atoms with van der Waals surface area (Å²) in [6.07, 6.45) is 1.49. The minimum absolute atomic E-state index is 0.139. The van der Waals surface area contributed by atoms with Crippen LogP contribution in [0, 0.1) is 0 Å². The van der Waals surface area contributed by atoms with Gasteiger partial charge in [0.15, 0.2) is 17.5 Å². The number of carboxylic acid groups (broad SMARTS) is 1. The summed E-state index contributed by atoms with van der Waals surface area (Å²) in [5.74, 6) is -2.30. The molecule has 1 saturated heterocycles. The van der Waals surface area contributed by atoms with Gasteiger partial charge in [0.2, 0.25) is 0 Å². The number of nitrogens with zero attached hydrogens (tertiary/aromatic N) is 1. The minimum Gasteiger partial charge on any atom is -0.504 e. The van der Waals surface area contributed by atoms with E-state index in [2.05, 4.69) is 0 Å². The first kappa shape index (κ1) is 18.0. The second-order valence-corrected chi connectivity index (χ2v) is 7.13. The number of aromatic hydroxyl groups is 2. The van der Waals surface area contributed by atoms with E-state index in [-0.39, 0.29) is 20.7 Å². The molecule has 3 rings (SSSR count). The van der Waals surface area contributed by atoms with Crippen molar-refractivity contribution in [1.82, 2.24) is 4.90 Å². The van der Waals surface area contributed by atoms with Gasteiger partial charge in [0.25, 0.3) is 5.91 Å². The van der Waals surface area contributed by atoms with Gasteiger partial charge in [0, 0.05) is 0 Å². The van der Waals surface area contributed by atoms with Crippen molar-refractivity contribution in [2.24, 2.45) is 0 Å². The fraction of sp³-hybridized carbons (Fsp3) is 0.0556. The monoisotopic (exact) mass is 387 g/mol. The molecule has 0 spiro atoms. The second kappa shape index (κ2) is 7.19. The molecule has 2 aromatic rings. The topological polar surface area (TPSA) is 98.1 Å². The standard InChI is InChI=1S/C18H13NO5S2/c20-12-7-6-10(8-13(12)21)9-14-16(22)19(18(25)26-14)15(17(23)24)11-4-2-1-3-5-11/h1-9,15,20-21H,(H,23,24)/b14-9-. The Morgan fingerprint density at radius 2 is 1.81 bits per heavy atom. The second-order valence-electron chi connectivity index (χ2n) is 5.45. The van der Waals surface area contributed by atoms with Crippen molar-refractivity contribution in [2.45, 2.75) is 6.04 Å². The van der Waals surface area contributed by atoms with Gasteiger partial charge in [0.1, 0.15) is 4.32 Å². The van der Waals surface area contributed by atoms with Gasteiger partial charge in [0.05, 0.1) is 4.91 Å².